The second kappa shape index (κ2) is 6.07. The third-order valence-electron chi connectivity index (χ3n) is 2.55. The summed E-state index contributed by atoms with van der Waals surface area (Å²) in [5, 5.41) is 3.26. The summed E-state index contributed by atoms with van der Waals surface area (Å²) in [5.41, 5.74) is 3.05. The van der Waals surface area contributed by atoms with Crippen LogP contribution in [0, 0.1) is 12.7 Å². The summed E-state index contributed by atoms with van der Waals surface area (Å²) in [6.07, 6.45) is 1.85. The molecule has 4 heteroatoms. The van der Waals surface area contributed by atoms with Crippen molar-refractivity contribution in [1.29, 1.82) is 0 Å². The number of hydrogen-bond donors (Lipinski definition) is 1. The minimum Gasteiger partial charge on any atom is -0.309 e. The number of rotatable bonds is 4. The Morgan fingerprint density at radius 3 is 2.61 bits per heavy atom. The number of benzene rings is 1. The third-order valence-corrected chi connectivity index (χ3v) is 3.01. The summed E-state index contributed by atoms with van der Waals surface area (Å²) in [4.78, 5) is 4.23. The Kier molecular flexibility index (Phi) is 4.44. The standard InChI is InChI=1S/C14H14BrFN2/c1-10-2-3-11(9-18-10)7-17-8-12-4-13(15)6-14(16)5-12/h2-6,9,17H,7-8H2,1H3. The van der Waals surface area contributed by atoms with Gasteiger partial charge >= 0.3 is 0 Å². The van der Waals surface area contributed by atoms with Gasteiger partial charge in [-0.2, -0.15) is 0 Å². The molecular formula is C14H14BrFN2. The number of hydrogen-bond acceptors (Lipinski definition) is 2. The molecule has 2 aromatic rings. The van der Waals surface area contributed by atoms with E-state index in [0.29, 0.717) is 6.54 Å². The van der Waals surface area contributed by atoms with Crippen LogP contribution in [0.4, 0.5) is 4.39 Å². The number of nitrogens with zero attached hydrogens (tertiary/aromatic N) is 1. The van der Waals surface area contributed by atoms with Gasteiger partial charge in [-0.1, -0.05) is 22.0 Å². The molecule has 0 aliphatic heterocycles. The second-order valence-electron chi connectivity index (χ2n) is 4.19. The maximum Gasteiger partial charge on any atom is 0.124 e. The maximum absolute atomic E-state index is 13.2. The van der Waals surface area contributed by atoms with Crippen LogP contribution in [0.15, 0.2) is 41.0 Å². The third kappa shape index (κ3) is 3.89. The van der Waals surface area contributed by atoms with Gasteiger partial charge < -0.3 is 5.32 Å². The number of halogens is 2. The summed E-state index contributed by atoms with van der Waals surface area (Å²) in [7, 11) is 0. The monoisotopic (exact) mass is 308 g/mol. The van der Waals surface area contributed by atoms with Crippen LogP contribution in [0.25, 0.3) is 0 Å². The Morgan fingerprint density at radius 2 is 1.94 bits per heavy atom. The average Bonchev–Trinajstić information content (AvgIpc) is 2.30. The molecule has 18 heavy (non-hydrogen) atoms. The highest BCUT2D eigenvalue weighted by molar-refractivity contribution is 9.10. The van der Waals surface area contributed by atoms with Crippen LogP contribution in [0.5, 0.6) is 0 Å². The van der Waals surface area contributed by atoms with Gasteiger partial charge in [0.2, 0.25) is 0 Å². The number of aryl methyl sites for hydroxylation is 1. The van der Waals surface area contributed by atoms with Gasteiger partial charge in [0.15, 0.2) is 0 Å². The molecule has 0 radical (unpaired) electrons. The van der Waals surface area contributed by atoms with Gasteiger partial charge in [0.1, 0.15) is 5.82 Å². The first kappa shape index (κ1) is 13.2. The predicted molar refractivity (Wildman–Crippen MR) is 73.6 cm³/mol. The van der Waals surface area contributed by atoms with Gasteiger partial charge in [0.25, 0.3) is 0 Å². The zero-order valence-corrected chi connectivity index (χ0v) is 11.7. The van der Waals surface area contributed by atoms with Crippen LogP contribution >= 0.6 is 15.9 Å². The first-order valence-corrected chi connectivity index (χ1v) is 6.50. The van der Waals surface area contributed by atoms with Gasteiger partial charge in [-0.3, -0.25) is 4.98 Å². The van der Waals surface area contributed by atoms with Gasteiger partial charge in [-0.15, -0.1) is 0 Å². The van der Waals surface area contributed by atoms with E-state index in [2.05, 4.69) is 26.2 Å². The molecule has 0 saturated carbocycles. The molecule has 1 N–H and O–H groups in total. The molecule has 1 heterocycles. The normalized spacial score (nSPS) is 10.6. The van der Waals surface area contributed by atoms with Crippen molar-refractivity contribution in [2.75, 3.05) is 0 Å². The molecule has 0 aliphatic carbocycles. The van der Waals surface area contributed by atoms with Crippen molar-refractivity contribution in [2.24, 2.45) is 0 Å². The van der Waals surface area contributed by atoms with Crippen molar-refractivity contribution in [3.05, 3.63) is 63.6 Å². The molecule has 0 saturated heterocycles. The number of nitrogens with one attached hydrogen (secondary N) is 1. The highest BCUT2D eigenvalue weighted by Gasteiger charge is 1.99. The highest BCUT2D eigenvalue weighted by atomic mass is 79.9. The minimum absolute atomic E-state index is 0.224. The molecule has 0 aliphatic rings. The molecule has 2 nitrogen and oxygen atoms in total. The second-order valence-corrected chi connectivity index (χ2v) is 5.10. The smallest absolute Gasteiger partial charge is 0.124 e. The highest BCUT2D eigenvalue weighted by Crippen LogP contribution is 2.14. The maximum atomic E-state index is 13.2. The van der Waals surface area contributed by atoms with Crippen molar-refractivity contribution in [3.8, 4) is 0 Å². The first-order chi connectivity index (χ1) is 8.63. The molecule has 0 amide bonds. The lowest BCUT2D eigenvalue weighted by atomic mass is 10.2. The van der Waals surface area contributed by atoms with Crippen molar-refractivity contribution in [3.63, 3.8) is 0 Å². The molecule has 1 aromatic heterocycles. The molecule has 0 spiro atoms. The lowest BCUT2D eigenvalue weighted by Crippen LogP contribution is -2.13. The van der Waals surface area contributed by atoms with Crippen molar-refractivity contribution >= 4 is 15.9 Å². The molecule has 94 valence electrons. The van der Waals surface area contributed by atoms with E-state index in [0.717, 1.165) is 27.8 Å². The fourth-order valence-corrected chi connectivity index (χ4v) is 2.18. The minimum atomic E-state index is -0.224. The van der Waals surface area contributed by atoms with Crippen LogP contribution < -0.4 is 5.32 Å². The summed E-state index contributed by atoms with van der Waals surface area (Å²) < 4.78 is 13.9. The van der Waals surface area contributed by atoms with Crippen molar-refractivity contribution in [1.82, 2.24) is 10.3 Å². The van der Waals surface area contributed by atoms with E-state index in [4.69, 9.17) is 0 Å². The van der Waals surface area contributed by atoms with E-state index in [1.54, 1.807) is 0 Å². The fraction of sp³-hybridized carbons (Fsp3) is 0.214. The number of pyridine rings is 1. The molecule has 2 rings (SSSR count). The first-order valence-electron chi connectivity index (χ1n) is 5.71. The lowest BCUT2D eigenvalue weighted by Gasteiger charge is -2.06. The van der Waals surface area contributed by atoms with Gasteiger partial charge in [-0.05, 0) is 42.3 Å². The van der Waals surface area contributed by atoms with Crippen LogP contribution in [0.3, 0.4) is 0 Å². The summed E-state index contributed by atoms with van der Waals surface area (Å²) in [6, 6.07) is 8.91. The van der Waals surface area contributed by atoms with Crippen LogP contribution in [0.1, 0.15) is 16.8 Å². The average molecular weight is 309 g/mol. The van der Waals surface area contributed by atoms with Crippen molar-refractivity contribution < 1.29 is 4.39 Å². The quantitative estimate of drug-likeness (QED) is 0.934. The van der Waals surface area contributed by atoms with E-state index in [-0.39, 0.29) is 5.82 Å². The summed E-state index contributed by atoms with van der Waals surface area (Å²) >= 11 is 3.28. The lowest BCUT2D eigenvalue weighted by molar-refractivity contribution is 0.619. The van der Waals surface area contributed by atoms with E-state index < -0.39 is 0 Å². The van der Waals surface area contributed by atoms with Crippen molar-refractivity contribution in [2.45, 2.75) is 20.0 Å². The Morgan fingerprint density at radius 1 is 1.17 bits per heavy atom. The Labute approximate surface area is 114 Å². The zero-order valence-electron chi connectivity index (χ0n) is 10.1. The van der Waals surface area contributed by atoms with Crippen LogP contribution in [0.2, 0.25) is 0 Å². The molecule has 1 aromatic carbocycles. The Bertz CT molecular complexity index is 506. The SMILES string of the molecule is Cc1ccc(CNCc2cc(F)cc(Br)c2)cn1. The van der Waals surface area contributed by atoms with E-state index in [1.165, 1.54) is 12.1 Å². The van der Waals surface area contributed by atoms with Gasteiger partial charge in [-0.25, -0.2) is 4.39 Å². The molecule has 0 atom stereocenters. The Hall–Kier alpha value is -1.26. The predicted octanol–water partition coefficient (Wildman–Crippen LogP) is 3.58. The molecule has 0 unspecified atom stereocenters. The van der Waals surface area contributed by atoms with Crippen LogP contribution in [-0.4, -0.2) is 4.98 Å². The molecule has 0 bridgehead atoms. The van der Waals surface area contributed by atoms with E-state index >= 15 is 0 Å². The Balaban J connectivity index is 1.90. The van der Waals surface area contributed by atoms with Gasteiger partial charge in [0, 0.05) is 29.5 Å². The molecule has 0 fully saturated rings. The topological polar surface area (TPSA) is 24.9 Å². The summed E-state index contributed by atoms with van der Waals surface area (Å²) in [6.45, 7) is 3.31. The fourth-order valence-electron chi connectivity index (χ4n) is 1.67. The van der Waals surface area contributed by atoms with E-state index in [9.17, 15) is 4.39 Å². The zero-order chi connectivity index (χ0) is 13.0. The molecular weight excluding hydrogens is 295 g/mol. The largest absolute Gasteiger partial charge is 0.309 e. The van der Waals surface area contributed by atoms with Crippen LogP contribution in [-0.2, 0) is 13.1 Å². The summed E-state index contributed by atoms with van der Waals surface area (Å²) in [5.74, 6) is -0.224. The number of aromatic nitrogens is 1. The van der Waals surface area contributed by atoms with E-state index in [1.807, 2.05) is 31.3 Å². The van der Waals surface area contributed by atoms with Gasteiger partial charge in [0.05, 0.1) is 0 Å².